The Kier molecular flexibility index (Phi) is 7.60. The van der Waals surface area contributed by atoms with Crippen LogP contribution in [0.5, 0.6) is 0 Å². The number of ketones is 1. The summed E-state index contributed by atoms with van der Waals surface area (Å²) in [5.41, 5.74) is 0.690. The molecule has 0 spiro atoms. The molecule has 9 nitrogen and oxygen atoms in total. The minimum absolute atomic E-state index is 0.0267. The Morgan fingerprint density at radius 1 is 1.32 bits per heavy atom. The van der Waals surface area contributed by atoms with E-state index in [-0.39, 0.29) is 24.1 Å². The van der Waals surface area contributed by atoms with Crippen molar-refractivity contribution in [3.8, 4) is 0 Å². The van der Waals surface area contributed by atoms with E-state index in [9.17, 15) is 19.5 Å². The normalized spacial score (nSPS) is 27.1. The summed E-state index contributed by atoms with van der Waals surface area (Å²) in [6.07, 6.45) is -1.74. The first-order chi connectivity index (χ1) is 14.8. The second kappa shape index (κ2) is 10.0. The minimum atomic E-state index is -1.87. The Morgan fingerprint density at radius 2 is 2.03 bits per heavy atom. The molecule has 0 saturated carbocycles. The zero-order valence-electron chi connectivity index (χ0n) is 16.9. The lowest BCUT2D eigenvalue weighted by atomic mass is 9.98. The van der Waals surface area contributed by atoms with E-state index in [1.807, 2.05) is 6.07 Å². The zero-order chi connectivity index (χ0) is 22.6. The van der Waals surface area contributed by atoms with Crippen molar-refractivity contribution in [2.75, 3.05) is 20.3 Å². The molecule has 2 heterocycles. The van der Waals surface area contributed by atoms with E-state index in [1.54, 1.807) is 24.3 Å². The fourth-order valence-electron chi connectivity index (χ4n) is 3.59. The third-order valence-electron chi connectivity index (χ3n) is 5.24. The number of hydrogen-bond acceptors (Lipinski definition) is 8. The number of unbranched alkanes of at least 4 members (excludes halogenated alkanes) is 1. The van der Waals surface area contributed by atoms with Crippen molar-refractivity contribution >= 4 is 33.7 Å². The molecule has 168 valence electrons. The maximum Gasteiger partial charge on any atom is 0.417 e. The van der Waals surface area contributed by atoms with Crippen LogP contribution in [0.1, 0.15) is 30.9 Å². The van der Waals surface area contributed by atoms with Crippen LogP contribution >= 0.6 is 15.9 Å². The predicted molar refractivity (Wildman–Crippen MR) is 111 cm³/mol. The van der Waals surface area contributed by atoms with Crippen LogP contribution in [0.25, 0.3) is 0 Å². The first kappa shape index (κ1) is 23.6. The molecule has 0 bridgehead atoms. The lowest BCUT2D eigenvalue weighted by Crippen LogP contribution is -2.55. The van der Waals surface area contributed by atoms with Crippen LogP contribution in [0.3, 0.4) is 0 Å². The van der Waals surface area contributed by atoms with Crippen molar-refractivity contribution < 1.29 is 38.8 Å². The number of methoxy groups -OCH3 is 1. The molecule has 1 aromatic rings. The van der Waals surface area contributed by atoms with Gasteiger partial charge in [0.2, 0.25) is 0 Å². The molecule has 0 unspecified atom stereocenters. The smallest absolute Gasteiger partial charge is 0.417 e. The first-order valence-corrected chi connectivity index (χ1v) is 10.6. The van der Waals surface area contributed by atoms with Gasteiger partial charge in [-0.05, 0) is 40.4 Å². The van der Waals surface area contributed by atoms with Crippen LogP contribution in [-0.4, -0.2) is 71.2 Å². The van der Waals surface area contributed by atoms with E-state index in [1.165, 1.54) is 7.11 Å². The number of carbonyl (C=O) groups excluding carboxylic acids is 3. The molecular formula is C21H24BrNO8. The molecule has 3 rings (SSSR count). The van der Waals surface area contributed by atoms with Gasteiger partial charge in [0.1, 0.15) is 12.6 Å². The molecule has 2 aliphatic rings. The largest absolute Gasteiger partial charge is 0.446 e. The van der Waals surface area contributed by atoms with Gasteiger partial charge in [-0.25, -0.2) is 9.69 Å². The number of imide groups is 1. The Balaban J connectivity index is 1.85. The zero-order valence-corrected chi connectivity index (χ0v) is 18.5. The van der Waals surface area contributed by atoms with E-state index in [0.29, 0.717) is 18.4 Å². The SMILES string of the molecule is CO[C@@H](C(=O)N1C(=O)OC[C@H]1c1ccccc1)[C@H]1O[C@@](O)(CCCCO)C(Br)=CC1=O. The lowest BCUT2D eigenvalue weighted by Gasteiger charge is -2.38. The number of cyclic esters (lactones) is 1. The fourth-order valence-corrected chi connectivity index (χ4v) is 4.10. The first-order valence-electron chi connectivity index (χ1n) is 9.82. The van der Waals surface area contributed by atoms with Crippen molar-refractivity contribution in [3.63, 3.8) is 0 Å². The van der Waals surface area contributed by atoms with E-state index < -0.39 is 41.8 Å². The number of hydrogen-bond donors (Lipinski definition) is 2. The summed E-state index contributed by atoms with van der Waals surface area (Å²) in [4.78, 5) is 39.2. The standard InChI is InChI=1S/C21H24BrNO8/c1-29-18(17-15(25)11-16(22)21(28,31-17)9-5-6-10-24)19(26)23-14(12-30-20(23)27)13-7-3-2-4-8-13/h2-4,7-8,11,14,17-18,24,28H,5-6,9-10,12H2,1H3/t14-,17-,18+,21-/m0/s1. The number of nitrogens with zero attached hydrogens (tertiary/aromatic N) is 1. The van der Waals surface area contributed by atoms with Gasteiger partial charge in [-0.2, -0.15) is 0 Å². The molecule has 4 atom stereocenters. The van der Waals surface area contributed by atoms with Gasteiger partial charge in [0.15, 0.2) is 23.8 Å². The summed E-state index contributed by atoms with van der Waals surface area (Å²) in [5, 5.41) is 19.9. The second-order valence-electron chi connectivity index (χ2n) is 7.27. The highest BCUT2D eigenvalue weighted by molar-refractivity contribution is 9.11. The number of rotatable bonds is 8. The van der Waals surface area contributed by atoms with E-state index in [2.05, 4.69) is 15.9 Å². The van der Waals surface area contributed by atoms with Crippen molar-refractivity contribution in [2.45, 2.75) is 43.3 Å². The summed E-state index contributed by atoms with van der Waals surface area (Å²) in [7, 11) is 1.22. The van der Waals surface area contributed by atoms with Gasteiger partial charge in [0.05, 0.1) is 4.48 Å². The average Bonchev–Trinajstić information content (AvgIpc) is 3.14. The fraction of sp³-hybridized carbons (Fsp3) is 0.476. The maximum atomic E-state index is 13.3. The topological polar surface area (TPSA) is 123 Å². The maximum absolute atomic E-state index is 13.3. The number of carbonyl (C=O) groups is 3. The molecule has 1 aromatic carbocycles. The molecule has 2 amide bonds. The number of aliphatic hydroxyl groups excluding tert-OH is 1. The quantitative estimate of drug-likeness (QED) is 0.521. The highest BCUT2D eigenvalue weighted by Gasteiger charge is 2.50. The van der Waals surface area contributed by atoms with Crippen molar-refractivity contribution in [3.05, 3.63) is 46.5 Å². The van der Waals surface area contributed by atoms with Crippen LogP contribution < -0.4 is 0 Å². The predicted octanol–water partition coefficient (Wildman–Crippen LogP) is 1.82. The molecule has 10 heteroatoms. The van der Waals surface area contributed by atoms with Crippen molar-refractivity contribution in [1.29, 1.82) is 0 Å². The summed E-state index contributed by atoms with van der Waals surface area (Å²) >= 11 is 3.15. The van der Waals surface area contributed by atoms with Gasteiger partial charge >= 0.3 is 6.09 Å². The number of ether oxygens (including phenoxy) is 3. The summed E-state index contributed by atoms with van der Waals surface area (Å²) < 4.78 is 16.1. The third kappa shape index (κ3) is 4.88. The number of halogens is 1. The van der Waals surface area contributed by atoms with Gasteiger partial charge in [-0.1, -0.05) is 30.3 Å². The van der Waals surface area contributed by atoms with Crippen LogP contribution in [0.2, 0.25) is 0 Å². The molecule has 0 radical (unpaired) electrons. The van der Waals surface area contributed by atoms with Crippen molar-refractivity contribution in [2.24, 2.45) is 0 Å². The Morgan fingerprint density at radius 3 is 2.68 bits per heavy atom. The monoisotopic (exact) mass is 497 g/mol. The van der Waals surface area contributed by atoms with E-state index in [0.717, 1.165) is 11.0 Å². The second-order valence-corrected chi connectivity index (χ2v) is 8.12. The number of aliphatic hydroxyl groups is 2. The Bertz CT molecular complexity index is 860. The van der Waals surface area contributed by atoms with Crippen LogP contribution in [-0.2, 0) is 23.8 Å². The molecule has 2 N–H and O–H groups in total. The van der Waals surface area contributed by atoms with E-state index in [4.69, 9.17) is 19.3 Å². The highest BCUT2D eigenvalue weighted by Crippen LogP contribution is 2.37. The third-order valence-corrected chi connectivity index (χ3v) is 6.08. The highest BCUT2D eigenvalue weighted by atomic mass is 79.9. The van der Waals surface area contributed by atoms with Crippen molar-refractivity contribution in [1.82, 2.24) is 4.90 Å². The Hall–Kier alpha value is -2.11. The minimum Gasteiger partial charge on any atom is -0.446 e. The van der Waals surface area contributed by atoms with Crippen LogP contribution in [0, 0.1) is 0 Å². The van der Waals surface area contributed by atoms with Gasteiger partial charge in [-0.15, -0.1) is 0 Å². The summed E-state index contributed by atoms with van der Waals surface area (Å²) in [6, 6.07) is 8.20. The van der Waals surface area contributed by atoms with Gasteiger partial charge in [0.25, 0.3) is 5.91 Å². The van der Waals surface area contributed by atoms with Crippen LogP contribution in [0.15, 0.2) is 40.9 Å². The average molecular weight is 498 g/mol. The number of benzene rings is 1. The molecule has 1 fully saturated rings. The summed E-state index contributed by atoms with van der Waals surface area (Å²) in [6.45, 7) is -0.0854. The molecule has 2 aliphatic heterocycles. The van der Waals surface area contributed by atoms with Gasteiger partial charge in [-0.3, -0.25) is 9.59 Å². The van der Waals surface area contributed by atoms with E-state index >= 15 is 0 Å². The lowest BCUT2D eigenvalue weighted by molar-refractivity contribution is -0.227. The Labute approximate surface area is 187 Å². The molecule has 0 aromatic heterocycles. The summed E-state index contributed by atoms with van der Waals surface area (Å²) in [5.74, 6) is -3.26. The number of amides is 2. The van der Waals surface area contributed by atoms with Gasteiger partial charge in [0, 0.05) is 20.1 Å². The van der Waals surface area contributed by atoms with Crippen LogP contribution in [0.4, 0.5) is 4.79 Å². The molecule has 1 saturated heterocycles. The molecule has 31 heavy (non-hydrogen) atoms. The molecular weight excluding hydrogens is 474 g/mol. The molecule has 0 aliphatic carbocycles. The van der Waals surface area contributed by atoms with Gasteiger partial charge < -0.3 is 24.4 Å².